The summed E-state index contributed by atoms with van der Waals surface area (Å²) in [6.45, 7) is 5.43. The summed E-state index contributed by atoms with van der Waals surface area (Å²) >= 11 is 2.14. The van der Waals surface area contributed by atoms with E-state index < -0.39 is 11.1 Å². The van der Waals surface area contributed by atoms with E-state index in [1.54, 1.807) is 16.4 Å². The zero-order valence-corrected chi connectivity index (χ0v) is 15.5. The highest BCUT2D eigenvalue weighted by Gasteiger charge is 2.26. The van der Waals surface area contributed by atoms with Gasteiger partial charge in [-0.05, 0) is 48.9 Å². The molecule has 8 heteroatoms. The Morgan fingerprint density at radius 1 is 1.28 bits per heavy atom. The minimum atomic E-state index is -0.428. The van der Waals surface area contributed by atoms with Crippen molar-refractivity contribution < 1.29 is 14.4 Å². The maximum absolute atomic E-state index is 12.2. The van der Waals surface area contributed by atoms with Gasteiger partial charge in [0.2, 0.25) is 5.91 Å². The number of amides is 3. The molecule has 128 valence electrons. The number of carbonyl (C=O) groups excluding carboxylic acids is 3. The first-order chi connectivity index (χ1) is 11.9. The number of imide groups is 1. The predicted octanol–water partition coefficient (Wildman–Crippen LogP) is 3.77. The molecule has 1 aromatic heterocycles. The van der Waals surface area contributed by atoms with Gasteiger partial charge in [0, 0.05) is 12.3 Å². The Morgan fingerprint density at radius 2 is 2.04 bits per heavy atom. The molecule has 25 heavy (non-hydrogen) atoms. The van der Waals surface area contributed by atoms with Crippen molar-refractivity contribution in [3.63, 3.8) is 0 Å². The van der Waals surface area contributed by atoms with Crippen LogP contribution in [0.3, 0.4) is 0 Å². The van der Waals surface area contributed by atoms with Gasteiger partial charge in [-0.25, -0.2) is 4.98 Å². The number of hydrogen-bond acceptors (Lipinski definition) is 6. The van der Waals surface area contributed by atoms with Crippen LogP contribution in [0, 0.1) is 13.8 Å². The number of aryl methyl sites for hydroxylation is 1. The molecule has 1 aromatic carbocycles. The summed E-state index contributed by atoms with van der Waals surface area (Å²) < 4.78 is 0. The fraction of sp³-hybridized carbons (Fsp3) is 0.176. The van der Waals surface area contributed by atoms with Gasteiger partial charge in [0.25, 0.3) is 11.1 Å². The second-order valence-electron chi connectivity index (χ2n) is 5.48. The first-order valence-electron chi connectivity index (χ1n) is 7.44. The van der Waals surface area contributed by atoms with E-state index in [-0.39, 0.29) is 5.91 Å². The second kappa shape index (κ2) is 6.81. The molecule has 3 rings (SSSR count). The minimum Gasteiger partial charge on any atom is -0.282 e. The molecule has 0 unspecified atom stereocenters. The zero-order chi connectivity index (χ0) is 18.1. The number of benzene rings is 1. The van der Waals surface area contributed by atoms with Gasteiger partial charge in [-0.2, -0.15) is 0 Å². The van der Waals surface area contributed by atoms with Crippen LogP contribution in [0.1, 0.15) is 23.7 Å². The molecule has 2 aromatic rings. The van der Waals surface area contributed by atoms with E-state index in [0.29, 0.717) is 15.7 Å². The summed E-state index contributed by atoms with van der Waals surface area (Å²) in [4.78, 5) is 41.4. The Balaban J connectivity index is 1.97. The lowest BCUT2D eigenvalue weighted by Crippen LogP contribution is -2.23. The molecular weight excluding hydrogens is 358 g/mol. The monoisotopic (exact) mass is 373 g/mol. The first-order valence-corrected chi connectivity index (χ1v) is 9.13. The van der Waals surface area contributed by atoms with E-state index in [1.165, 1.54) is 18.3 Å². The van der Waals surface area contributed by atoms with Gasteiger partial charge in [0.1, 0.15) is 0 Å². The topological polar surface area (TPSA) is 79.4 Å². The standard InChI is InChI=1S/C17H15N3O3S2/c1-9-5-4-6-13(10(9)2)20(11(3)21)16-18-12(8-24-16)7-14-15(22)19-17(23)25-14/h4-8H,1-3H3,(H,19,22,23)/b14-7-. The second-order valence-corrected chi connectivity index (χ2v) is 7.33. The number of hydrogen-bond donors (Lipinski definition) is 1. The number of nitrogens with one attached hydrogen (secondary N) is 1. The normalized spacial score (nSPS) is 15.6. The summed E-state index contributed by atoms with van der Waals surface area (Å²) in [6, 6.07) is 5.76. The summed E-state index contributed by atoms with van der Waals surface area (Å²) in [6.07, 6.45) is 1.55. The molecule has 0 saturated carbocycles. The molecular formula is C17H15N3O3S2. The molecule has 0 bridgehead atoms. The van der Waals surface area contributed by atoms with Gasteiger partial charge in [-0.3, -0.25) is 24.6 Å². The number of aromatic nitrogens is 1. The van der Waals surface area contributed by atoms with E-state index in [4.69, 9.17) is 0 Å². The fourth-order valence-electron chi connectivity index (χ4n) is 2.39. The fourth-order valence-corrected chi connectivity index (χ4v) is 3.89. The van der Waals surface area contributed by atoms with Crippen molar-refractivity contribution in [2.75, 3.05) is 4.90 Å². The smallest absolute Gasteiger partial charge is 0.282 e. The van der Waals surface area contributed by atoms with Crippen LogP contribution in [0.25, 0.3) is 6.08 Å². The summed E-state index contributed by atoms with van der Waals surface area (Å²) in [5, 5.41) is 4.07. The third kappa shape index (κ3) is 3.49. The zero-order valence-electron chi connectivity index (χ0n) is 13.8. The number of thiazole rings is 1. The number of thioether (sulfide) groups is 1. The molecule has 1 fully saturated rings. The van der Waals surface area contributed by atoms with Crippen molar-refractivity contribution in [1.82, 2.24) is 10.3 Å². The Hall–Kier alpha value is -2.45. The molecule has 1 saturated heterocycles. The Labute approximate surface area is 152 Å². The number of anilines is 2. The van der Waals surface area contributed by atoms with Crippen LogP contribution in [-0.4, -0.2) is 22.0 Å². The average molecular weight is 373 g/mol. The predicted molar refractivity (Wildman–Crippen MR) is 100.0 cm³/mol. The van der Waals surface area contributed by atoms with Crippen molar-refractivity contribution >= 4 is 57.0 Å². The molecule has 1 aliphatic rings. The lowest BCUT2D eigenvalue weighted by Gasteiger charge is -2.21. The largest absolute Gasteiger partial charge is 0.290 e. The van der Waals surface area contributed by atoms with Gasteiger partial charge in [-0.15, -0.1) is 11.3 Å². The first kappa shape index (κ1) is 17.4. The van der Waals surface area contributed by atoms with E-state index in [9.17, 15) is 14.4 Å². The van der Waals surface area contributed by atoms with Crippen molar-refractivity contribution in [1.29, 1.82) is 0 Å². The molecule has 6 nitrogen and oxygen atoms in total. The Bertz CT molecular complexity index is 918. The van der Waals surface area contributed by atoms with Crippen molar-refractivity contribution in [2.24, 2.45) is 0 Å². The van der Waals surface area contributed by atoms with Crippen LogP contribution < -0.4 is 10.2 Å². The number of carbonyl (C=O) groups is 3. The van der Waals surface area contributed by atoms with E-state index in [0.717, 1.165) is 28.6 Å². The molecule has 0 atom stereocenters. The maximum atomic E-state index is 12.2. The number of nitrogens with zero attached hydrogens (tertiary/aromatic N) is 2. The summed E-state index contributed by atoms with van der Waals surface area (Å²) in [5.41, 5.74) is 3.40. The summed E-state index contributed by atoms with van der Waals surface area (Å²) in [7, 11) is 0. The van der Waals surface area contributed by atoms with Crippen LogP contribution in [0.15, 0.2) is 28.5 Å². The van der Waals surface area contributed by atoms with Crippen molar-refractivity contribution in [2.45, 2.75) is 20.8 Å². The van der Waals surface area contributed by atoms with Crippen LogP contribution in [0.4, 0.5) is 15.6 Å². The van der Waals surface area contributed by atoms with Gasteiger partial charge < -0.3 is 0 Å². The molecule has 0 aliphatic carbocycles. The van der Waals surface area contributed by atoms with Gasteiger partial charge in [0.15, 0.2) is 5.13 Å². The number of rotatable bonds is 3. The molecule has 2 heterocycles. The summed E-state index contributed by atoms with van der Waals surface area (Å²) in [5.74, 6) is -0.576. The highest BCUT2D eigenvalue weighted by atomic mass is 32.2. The van der Waals surface area contributed by atoms with Crippen LogP contribution >= 0.6 is 23.1 Å². The lowest BCUT2D eigenvalue weighted by atomic mass is 10.1. The Kier molecular flexibility index (Phi) is 4.73. The quantitative estimate of drug-likeness (QED) is 0.829. The van der Waals surface area contributed by atoms with Crippen LogP contribution in [0.2, 0.25) is 0 Å². The SMILES string of the molecule is CC(=O)N(c1nc(/C=C2\SC(=O)NC2=O)cs1)c1cccc(C)c1C. The van der Waals surface area contributed by atoms with Crippen LogP contribution in [-0.2, 0) is 9.59 Å². The lowest BCUT2D eigenvalue weighted by molar-refractivity contribution is -0.116. The van der Waals surface area contributed by atoms with E-state index in [2.05, 4.69) is 10.3 Å². The minimum absolute atomic E-state index is 0.148. The maximum Gasteiger partial charge on any atom is 0.290 e. The highest BCUT2D eigenvalue weighted by Crippen LogP contribution is 2.33. The van der Waals surface area contributed by atoms with Crippen molar-refractivity contribution in [3.05, 3.63) is 45.3 Å². The van der Waals surface area contributed by atoms with Gasteiger partial charge in [-0.1, -0.05) is 12.1 Å². The van der Waals surface area contributed by atoms with E-state index >= 15 is 0 Å². The average Bonchev–Trinajstić information content (AvgIpc) is 3.11. The highest BCUT2D eigenvalue weighted by molar-refractivity contribution is 8.18. The molecule has 0 radical (unpaired) electrons. The third-order valence-electron chi connectivity index (χ3n) is 3.75. The van der Waals surface area contributed by atoms with E-state index in [1.807, 2.05) is 32.0 Å². The van der Waals surface area contributed by atoms with Gasteiger partial charge in [0.05, 0.1) is 16.3 Å². The molecule has 3 amide bonds. The molecule has 1 N–H and O–H groups in total. The Morgan fingerprint density at radius 3 is 2.68 bits per heavy atom. The molecule has 0 spiro atoms. The molecule has 1 aliphatic heterocycles. The van der Waals surface area contributed by atoms with Crippen molar-refractivity contribution in [3.8, 4) is 0 Å². The van der Waals surface area contributed by atoms with Crippen LogP contribution in [0.5, 0.6) is 0 Å². The van der Waals surface area contributed by atoms with Gasteiger partial charge >= 0.3 is 0 Å². The third-order valence-corrected chi connectivity index (χ3v) is 5.41.